The number of hydrogen-bond acceptors (Lipinski definition) is 5. The molecule has 0 radical (unpaired) electrons. The monoisotopic (exact) mass is 372 g/mol. The van der Waals surface area contributed by atoms with Crippen molar-refractivity contribution in [2.75, 3.05) is 13.2 Å². The molecule has 3 aromatic heterocycles. The average molecular weight is 372 g/mol. The number of ether oxygens (including phenoxy) is 1. The Morgan fingerprint density at radius 2 is 2.35 bits per heavy atom. The van der Waals surface area contributed by atoms with Crippen LogP contribution in [0.1, 0.15) is 17.3 Å². The van der Waals surface area contributed by atoms with Crippen LogP contribution in [0.25, 0.3) is 0 Å². The smallest absolute Gasteiger partial charge is 0.250 e. The maximum atomic E-state index is 13.7. The highest BCUT2D eigenvalue weighted by atomic mass is 32.1. The number of carbonyl (C=O) groups excluding carboxylic acids is 1. The van der Waals surface area contributed by atoms with Crippen molar-refractivity contribution in [2.24, 2.45) is 0 Å². The third kappa shape index (κ3) is 3.45. The SMILES string of the molecule is O=C(Cc1ccsc1)N1Cc2cncn2C(COc2ncccc2F)C1. The lowest BCUT2D eigenvalue weighted by atomic mass is 10.1. The molecule has 0 fully saturated rings. The van der Waals surface area contributed by atoms with E-state index >= 15 is 0 Å². The van der Waals surface area contributed by atoms with E-state index in [0.717, 1.165) is 11.3 Å². The van der Waals surface area contributed by atoms with Gasteiger partial charge in [0.25, 0.3) is 0 Å². The van der Waals surface area contributed by atoms with Gasteiger partial charge in [-0.25, -0.2) is 14.4 Å². The van der Waals surface area contributed by atoms with Gasteiger partial charge in [-0.1, -0.05) is 0 Å². The minimum absolute atomic E-state index is 0.0316. The first-order valence-electron chi connectivity index (χ1n) is 8.23. The van der Waals surface area contributed by atoms with E-state index < -0.39 is 5.82 Å². The van der Waals surface area contributed by atoms with E-state index in [4.69, 9.17) is 4.74 Å². The molecule has 1 atom stereocenters. The zero-order valence-electron chi connectivity index (χ0n) is 13.9. The Hall–Kier alpha value is -2.74. The van der Waals surface area contributed by atoms with Crippen molar-refractivity contribution in [3.8, 4) is 5.88 Å². The second-order valence-electron chi connectivity index (χ2n) is 6.13. The zero-order chi connectivity index (χ0) is 17.9. The Kier molecular flexibility index (Phi) is 4.66. The largest absolute Gasteiger partial charge is 0.473 e. The van der Waals surface area contributed by atoms with E-state index in [-0.39, 0.29) is 24.4 Å². The quantitative estimate of drug-likeness (QED) is 0.691. The summed E-state index contributed by atoms with van der Waals surface area (Å²) in [6.07, 6.45) is 5.33. The van der Waals surface area contributed by atoms with Gasteiger partial charge in [-0.3, -0.25) is 4.79 Å². The average Bonchev–Trinajstić information content (AvgIpc) is 3.32. The Morgan fingerprint density at radius 1 is 1.42 bits per heavy atom. The lowest BCUT2D eigenvalue weighted by Gasteiger charge is -2.34. The van der Waals surface area contributed by atoms with Gasteiger partial charge in [-0.2, -0.15) is 11.3 Å². The molecule has 1 unspecified atom stereocenters. The fourth-order valence-corrected chi connectivity index (χ4v) is 3.71. The van der Waals surface area contributed by atoms with Crippen LogP contribution in [0.15, 0.2) is 47.7 Å². The number of halogens is 1. The molecular weight excluding hydrogens is 355 g/mol. The van der Waals surface area contributed by atoms with Crippen LogP contribution in [-0.2, 0) is 17.8 Å². The van der Waals surface area contributed by atoms with Crippen LogP contribution in [0.3, 0.4) is 0 Å². The van der Waals surface area contributed by atoms with E-state index in [9.17, 15) is 9.18 Å². The number of carbonyl (C=O) groups is 1. The number of imidazole rings is 1. The number of amides is 1. The Morgan fingerprint density at radius 3 is 3.15 bits per heavy atom. The molecule has 6 nitrogen and oxygen atoms in total. The standard InChI is InChI=1S/C18H17FN4O2S/c19-16-2-1-4-21-18(16)25-10-15-9-22(8-14-7-20-12-23(14)15)17(24)6-13-3-5-26-11-13/h1-5,7,11-12,15H,6,8-10H2. The summed E-state index contributed by atoms with van der Waals surface area (Å²) in [5, 5.41) is 3.95. The molecule has 0 spiro atoms. The summed E-state index contributed by atoms with van der Waals surface area (Å²) in [5.74, 6) is -0.472. The molecule has 0 aliphatic carbocycles. The Balaban J connectivity index is 1.47. The number of nitrogens with zero attached hydrogens (tertiary/aromatic N) is 4. The minimum Gasteiger partial charge on any atom is -0.473 e. The highest BCUT2D eigenvalue weighted by molar-refractivity contribution is 7.08. The summed E-state index contributed by atoms with van der Waals surface area (Å²) in [4.78, 5) is 22.5. The van der Waals surface area contributed by atoms with Gasteiger partial charge in [-0.15, -0.1) is 0 Å². The topological polar surface area (TPSA) is 60.2 Å². The second-order valence-corrected chi connectivity index (χ2v) is 6.91. The summed E-state index contributed by atoms with van der Waals surface area (Å²) < 4.78 is 21.3. The number of aromatic nitrogens is 3. The molecule has 4 heterocycles. The molecule has 0 aromatic carbocycles. The van der Waals surface area contributed by atoms with Gasteiger partial charge >= 0.3 is 0 Å². The van der Waals surface area contributed by atoms with E-state index in [1.807, 2.05) is 21.4 Å². The van der Waals surface area contributed by atoms with Crippen LogP contribution in [0.4, 0.5) is 4.39 Å². The van der Waals surface area contributed by atoms with Crippen molar-refractivity contribution >= 4 is 17.2 Å². The predicted molar refractivity (Wildman–Crippen MR) is 94.4 cm³/mol. The van der Waals surface area contributed by atoms with Crippen molar-refractivity contribution in [1.82, 2.24) is 19.4 Å². The maximum absolute atomic E-state index is 13.7. The summed E-state index contributed by atoms with van der Waals surface area (Å²) in [7, 11) is 0. The van der Waals surface area contributed by atoms with Crippen molar-refractivity contribution in [2.45, 2.75) is 19.0 Å². The molecule has 26 heavy (non-hydrogen) atoms. The molecule has 0 N–H and O–H groups in total. The first-order valence-corrected chi connectivity index (χ1v) is 9.18. The van der Waals surface area contributed by atoms with Gasteiger partial charge in [0.1, 0.15) is 6.61 Å². The van der Waals surface area contributed by atoms with Crippen molar-refractivity contribution in [3.63, 3.8) is 0 Å². The minimum atomic E-state index is -0.500. The Bertz CT molecular complexity index is 896. The highest BCUT2D eigenvalue weighted by Crippen LogP contribution is 2.23. The van der Waals surface area contributed by atoms with Crippen LogP contribution < -0.4 is 4.74 Å². The van der Waals surface area contributed by atoms with Crippen LogP contribution in [0, 0.1) is 5.82 Å². The fourth-order valence-electron chi connectivity index (χ4n) is 3.04. The molecular formula is C18H17FN4O2S. The molecule has 3 aromatic rings. The Labute approximate surface area is 153 Å². The summed E-state index contributed by atoms with van der Waals surface area (Å²) in [6, 6.07) is 4.64. The summed E-state index contributed by atoms with van der Waals surface area (Å²) >= 11 is 1.58. The molecule has 4 rings (SSSR count). The van der Waals surface area contributed by atoms with E-state index in [0.29, 0.717) is 19.5 Å². The third-order valence-corrected chi connectivity index (χ3v) is 5.08. The van der Waals surface area contributed by atoms with Crippen molar-refractivity contribution in [3.05, 3.63) is 64.8 Å². The molecule has 8 heteroatoms. The molecule has 0 saturated heterocycles. The molecule has 134 valence electrons. The summed E-state index contributed by atoms with van der Waals surface area (Å²) in [5.41, 5.74) is 1.95. The fraction of sp³-hybridized carbons (Fsp3) is 0.278. The first-order chi connectivity index (χ1) is 12.7. The van der Waals surface area contributed by atoms with Gasteiger partial charge < -0.3 is 14.2 Å². The number of rotatable bonds is 5. The highest BCUT2D eigenvalue weighted by Gasteiger charge is 2.28. The van der Waals surface area contributed by atoms with E-state index in [2.05, 4.69) is 9.97 Å². The molecule has 1 aliphatic rings. The summed E-state index contributed by atoms with van der Waals surface area (Å²) in [6.45, 7) is 1.21. The lowest BCUT2D eigenvalue weighted by molar-refractivity contribution is -0.132. The molecule has 1 amide bonds. The van der Waals surface area contributed by atoms with Crippen LogP contribution >= 0.6 is 11.3 Å². The van der Waals surface area contributed by atoms with Gasteiger partial charge in [0, 0.05) is 18.9 Å². The van der Waals surface area contributed by atoms with Crippen LogP contribution in [0.5, 0.6) is 5.88 Å². The first kappa shape index (κ1) is 16.7. The van der Waals surface area contributed by atoms with Crippen molar-refractivity contribution in [1.29, 1.82) is 0 Å². The maximum Gasteiger partial charge on any atom is 0.250 e. The van der Waals surface area contributed by atoms with E-state index in [1.165, 1.54) is 18.3 Å². The molecule has 0 bridgehead atoms. The van der Waals surface area contributed by atoms with Gasteiger partial charge in [0.2, 0.25) is 11.8 Å². The predicted octanol–water partition coefficient (Wildman–Crippen LogP) is 2.68. The van der Waals surface area contributed by atoms with Gasteiger partial charge in [0.05, 0.1) is 31.0 Å². The normalized spacial score (nSPS) is 16.3. The lowest BCUT2D eigenvalue weighted by Crippen LogP contribution is -2.43. The molecule has 1 aliphatic heterocycles. The van der Waals surface area contributed by atoms with Gasteiger partial charge in [-0.05, 0) is 34.5 Å². The van der Waals surface area contributed by atoms with Crippen LogP contribution in [-0.4, -0.2) is 38.5 Å². The number of hydrogen-bond donors (Lipinski definition) is 0. The zero-order valence-corrected chi connectivity index (χ0v) is 14.7. The molecule has 0 saturated carbocycles. The van der Waals surface area contributed by atoms with E-state index in [1.54, 1.807) is 28.8 Å². The third-order valence-electron chi connectivity index (χ3n) is 4.35. The van der Waals surface area contributed by atoms with Crippen LogP contribution in [0.2, 0.25) is 0 Å². The van der Waals surface area contributed by atoms with Crippen molar-refractivity contribution < 1.29 is 13.9 Å². The number of pyridine rings is 1. The van der Waals surface area contributed by atoms with Gasteiger partial charge in [0.15, 0.2) is 5.82 Å². The number of thiophene rings is 1. The number of fused-ring (bicyclic) bond motifs is 1. The second kappa shape index (κ2) is 7.25.